The molecule has 3 N–H and O–H groups in total. The number of piperidine rings is 1. The average molecular weight is 285 g/mol. The van der Waals surface area contributed by atoms with Gasteiger partial charge in [-0.15, -0.1) is 0 Å². The highest BCUT2D eigenvalue weighted by Crippen LogP contribution is 2.25. The molecule has 0 spiro atoms. The fraction of sp³-hybridized carbons (Fsp3) is 0.471. The average Bonchev–Trinajstić information content (AvgIpc) is 2.90. The van der Waals surface area contributed by atoms with Crippen LogP contribution in [0.25, 0.3) is 10.9 Å². The molecule has 112 valence electrons. The van der Waals surface area contributed by atoms with Crippen molar-refractivity contribution in [1.82, 2.24) is 9.88 Å². The number of carbonyl (C=O) groups is 1. The van der Waals surface area contributed by atoms with Gasteiger partial charge >= 0.3 is 0 Å². The topological polar surface area (TPSA) is 62.1 Å². The summed E-state index contributed by atoms with van der Waals surface area (Å²) in [6.07, 6.45) is 5.68. The van der Waals surface area contributed by atoms with Gasteiger partial charge in [-0.25, -0.2) is 0 Å². The van der Waals surface area contributed by atoms with E-state index in [1.807, 2.05) is 29.3 Å². The van der Waals surface area contributed by atoms with E-state index in [2.05, 4.69) is 18.0 Å². The number of rotatable bonds is 3. The summed E-state index contributed by atoms with van der Waals surface area (Å²) in [5.41, 5.74) is 8.02. The van der Waals surface area contributed by atoms with Crippen molar-refractivity contribution in [3.63, 3.8) is 0 Å². The van der Waals surface area contributed by atoms with Gasteiger partial charge in [-0.3, -0.25) is 4.79 Å². The molecule has 3 rings (SSSR count). The highest BCUT2D eigenvalue weighted by Gasteiger charge is 2.30. The van der Waals surface area contributed by atoms with E-state index in [1.54, 1.807) is 0 Å². The predicted molar refractivity (Wildman–Crippen MR) is 85.0 cm³/mol. The summed E-state index contributed by atoms with van der Waals surface area (Å²) in [7, 11) is 0. The Morgan fingerprint density at radius 2 is 2.19 bits per heavy atom. The smallest absolute Gasteiger partial charge is 0.227 e. The van der Waals surface area contributed by atoms with Gasteiger partial charge < -0.3 is 15.6 Å². The molecule has 1 aromatic carbocycles. The second-order valence-electron chi connectivity index (χ2n) is 6.01. The van der Waals surface area contributed by atoms with E-state index in [-0.39, 0.29) is 11.9 Å². The van der Waals surface area contributed by atoms with E-state index in [0.717, 1.165) is 29.3 Å². The Morgan fingerprint density at radius 1 is 1.38 bits per heavy atom. The summed E-state index contributed by atoms with van der Waals surface area (Å²) < 4.78 is 0. The zero-order valence-electron chi connectivity index (χ0n) is 12.5. The van der Waals surface area contributed by atoms with Crippen molar-refractivity contribution in [2.24, 2.45) is 5.73 Å². The molecule has 0 radical (unpaired) electrons. The minimum atomic E-state index is 0.197. The number of likely N-dealkylation sites (tertiary alicyclic amines) is 1. The molecule has 2 aromatic rings. The largest absolute Gasteiger partial charge is 0.361 e. The quantitative estimate of drug-likeness (QED) is 0.910. The van der Waals surface area contributed by atoms with Crippen molar-refractivity contribution in [1.29, 1.82) is 0 Å². The first kappa shape index (κ1) is 14.1. The van der Waals surface area contributed by atoms with E-state index in [1.165, 1.54) is 6.42 Å². The van der Waals surface area contributed by atoms with Gasteiger partial charge in [-0.2, -0.15) is 0 Å². The number of carbonyl (C=O) groups excluding carboxylic acids is 1. The third-order valence-electron chi connectivity index (χ3n) is 4.60. The molecule has 2 heterocycles. The van der Waals surface area contributed by atoms with Gasteiger partial charge in [0.1, 0.15) is 0 Å². The normalized spacial score (nSPS) is 22.7. The van der Waals surface area contributed by atoms with Crippen LogP contribution < -0.4 is 5.73 Å². The third kappa shape index (κ3) is 2.68. The lowest BCUT2D eigenvalue weighted by atomic mass is 9.95. The number of fused-ring (bicyclic) bond motifs is 1. The Balaban J connectivity index is 1.81. The second-order valence-corrected chi connectivity index (χ2v) is 6.01. The zero-order chi connectivity index (χ0) is 14.8. The molecular formula is C17H23N3O. The lowest BCUT2D eigenvalue weighted by Gasteiger charge is -2.40. The first-order valence-electron chi connectivity index (χ1n) is 7.77. The van der Waals surface area contributed by atoms with Gasteiger partial charge in [0.05, 0.1) is 6.42 Å². The van der Waals surface area contributed by atoms with Crippen LogP contribution in [0.15, 0.2) is 30.5 Å². The molecule has 4 nitrogen and oxygen atoms in total. The lowest BCUT2D eigenvalue weighted by molar-refractivity contribution is -0.136. The maximum absolute atomic E-state index is 12.7. The number of aromatic nitrogens is 1. The number of benzene rings is 1. The summed E-state index contributed by atoms with van der Waals surface area (Å²) in [6.45, 7) is 2.69. The maximum atomic E-state index is 12.7. The van der Waals surface area contributed by atoms with Crippen LogP contribution in [0.2, 0.25) is 0 Å². The molecule has 1 fully saturated rings. The standard InChI is InChI=1S/C17H23N3O/c1-12-5-4-6-14(10-18)20(12)17(21)9-13-11-19-16-8-3-2-7-15(13)16/h2-3,7-8,11-12,14,19H,4-6,9-10,18H2,1H3. The molecule has 21 heavy (non-hydrogen) atoms. The van der Waals surface area contributed by atoms with Crippen molar-refractivity contribution in [2.45, 2.75) is 44.7 Å². The van der Waals surface area contributed by atoms with Gasteiger partial charge in [0, 0.05) is 35.7 Å². The number of para-hydroxylation sites is 1. The molecule has 0 saturated carbocycles. The number of hydrogen-bond acceptors (Lipinski definition) is 2. The highest BCUT2D eigenvalue weighted by molar-refractivity contribution is 5.89. The molecule has 1 aromatic heterocycles. The minimum absolute atomic E-state index is 0.197. The van der Waals surface area contributed by atoms with Crippen LogP contribution in [0.1, 0.15) is 31.7 Å². The number of nitrogens with two attached hydrogens (primary N) is 1. The lowest BCUT2D eigenvalue weighted by Crippen LogP contribution is -2.52. The first-order valence-corrected chi connectivity index (χ1v) is 7.77. The molecule has 1 amide bonds. The fourth-order valence-electron chi connectivity index (χ4n) is 3.50. The summed E-state index contributed by atoms with van der Waals surface area (Å²) in [6, 6.07) is 8.61. The molecule has 1 aliphatic heterocycles. The number of aromatic amines is 1. The number of hydrogen-bond donors (Lipinski definition) is 2. The number of amides is 1. The van der Waals surface area contributed by atoms with E-state index in [9.17, 15) is 4.79 Å². The minimum Gasteiger partial charge on any atom is -0.361 e. The first-order chi connectivity index (χ1) is 10.2. The van der Waals surface area contributed by atoms with Crippen LogP contribution in [0.4, 0.5) is 0 Å². The maximum Gasteiger partial charge on any atom is 0.227 e. The summed E-state index contributed by atoms with van der Waals surface area (Å²) in [5, 5.41) is 1.14. The Kier molecular flexibility index (Phi) is 3.97. The van der Waals surface area contributed by atoms with E-state index in [0.29, 0.717) is 19.0 Å². The van der Waals surface area contributed by atoms with Crippen LogP contribution in [-0.2, 0) is 11.2 Å². The Bertz CT molecular complexity index is 634. The zero-order valence-corrected chi connectivity index (χ0v) is 12.5. The van der Waals surface area contributed by atoms with Crippen LogP contribution >= 0.6 is 0 Å². The van der Waals surface area contributed by atoms with E-state index in [4.69, 9.17) is 5.73 Å². The predicted octanol–water partition coefficient (Wildman–Crippen LogP) is 2.44. The molecule has 1 saturated heterocycles. The third-order valence-corrected chi connectivity index (χ3v) is 4.60. The van der Waals surface area contributed by atoms with Crippen molar-refractivity contribution >= 4 is 16.8 Å². The molecule has 4 heteroatoms. The van der Waals surface area contributed by atoms with E-state index >= 15 is 0 Å². The SMILES string of the molecule is CC1CCCC(CN)N1C(=O)Cc1c[nH]c2ccccc12. The molecule has 0 aliphatic carbocycles. The summed E-state index contributed by atoms with van der Waals surface area (Å²) in [4.78, 5) is 18.0. The van der Waals surface area contributed by atoms with Crippen LogP contribution in [0.3, 0.4) is 0 Å². The van der Waals surface area contributed by atoms with Crippen LogP contribution in [0.5, 0.6) is 0 Å². The molecule has 2 unspecified atom stereocenters. The number of nitrogens with one attached hydrogen (secondary N) is 1. The van der Waals surface area contributed by atoms with E-state index < -0.39 is 0 Å². The van der Waals surface area contributed by atoms with Gasteiger partial charge in [-0.1, -0.05) is 18.2 Å². The molecule has 1 aliphatic rings. The van der Waals surface area contributed by atoms with Gasteiger partial charge in [0.2, 0.25) is 5.91 Å². The van der Waals surface area contributed by atoms with Crippen molar-refractivity contribution < 1.29 is 4.79 Å². The van der Waals surface area contributed by atoms with Gasteiger partial charge in [0.15, 0.2) is 0 Å². The number of H-pyrrole nitrogens is 1. The van der Waals surface area contributed by atoms with Gasteiger partial charge in [-0.05, 0) is 37.8 Å². The van der Waals surface area contributed by atoms with Crippen molar-refractivity contribution in [2.75, 3.05) is 6.54 Å². The molecule has 0 bridgehead atoms. The highest BCUT2D eigenvalue weighted by atomic mass is 16.2. The molecule has 2 atom stereocenters. The molecular weight excluding hydrogens is 262 g/mol. The summed E-state index contributed by atoms with van der Waals surface area (Å²) >= 11 is 0. The summed E-state index contributed by atoms with van der Waals surface area (Å²) in [5.74, 6) is 0.197. The van der Waals surface area contributed by atoms with Crippen molar-refractivity contribution in [3.05, 3.63) is 36.0 Å². The Hall–Kier alpha value is -1.81. The fourth-order valence-corrected chi connectivity index (χ4v) is 3.50. The Morgan fingerprint density at radius 3 is 3.00 bits per heavy atom. The van der Waals surface area contributed by atoms with Gasteiger partial charge in [0.25, 0.3) is 0 Å². The van der Waals surface area contributed by atoms with Crippen molar-refractivity contribution in [3.8, 4) is 0 Å². The van der Waals surface area contributed by atoms with Crippen LogP contribution in [0, 0.1) is 0 Å². The Labute approximate surface area is 125 Å². The second kappa shape index (κ2) is 5.90. The van der Waals surface area contributed by atoms with Crippen LogP contribution in [-0.4, -0.2) is 34.4 Å². The number of nitrogens with zero attached hydrogens (tertiary/aromatic N) is 1. The monoisotopic (exact) mass is 285 g/mol.